The third kappa shape index (κ3) is 5.47. The molecule has 1 aliphatic heterocycles. The van der Waals surface area contributed by atoms with Crippen LogP contribution in [0.25, 0.3) is 0 Å². The van der Waals surface area contributed by atoms with Crippen LogP contribution in [0.2, 0.25) is 0 Å². The van der Waals surface area contributed by atoms with Crippen LogP contribution < -0.4 is 11.1 Å². The van der Waals surface area contributed by atoms with Gasteiger partial charge in [-0.05, 0) is 51.2 Å². The molecule has 0 radical (unpaired) electrons. The van der Waals surface area contributed by atoms with Crippen LogP contribution in [0.1, 0.15) is 23.2 Å². The van der Waals surface area contributed by atoms with Gasteiger partial charge in [0.05, 0.1) is 0 Å². The van der Waals surface area contributed by atoms with Crippen molar-refractivity contribution in [1.29, 1.82) is 0 Å². The second kappa shape index (κ2) is 8.61. The van der Waals surface area contributed by atoms with Crippen molar-refractivity contribution in [2.24, 2.45) is 5.73 Å². The normalized spacial score (nSPS) is 18.2. The average Bonchev–Trinajstić information content (AvgIpc) is 2.54. The summed E-state index contributed by atoms with van der Waals surface area (Å²) in [6, 6.07) is 7.03. The first-order valence-corrected chi connectivity index (χ1v) is 8.23. The Bertz CT molecular complexity index is 596. The molecule has 6 heteroatoms. The highest BCUT2D eigenvalue weighted by molar-refractivity contribution is 6.00. The van der Waals surface area contributed by atoms with Gasteiger partial charge in [0, 0.05) is 43.0 Å². The van der Waals surface area contributed by atoms with E-state index in [0.717, 1.165) is 19.4 Å². The zero-order chi connectivity index (χ0) is 17.5. The standard InChI is InChI=1S/C18H26N4O2/c1-21(2)11-4-6-17(23)20-16-9-7-14(8-10-16)18(24)22-12-3-5-15(19)13-22/h4,6-10,15H,3,5,11-13,19H2,1-2H3,(H,20,23)/b6-4+. The van der Waals surface area contributed by atoms with Crippen LogP contribution in [0.5, 0.6) is 0 Å². The van der Waals surface area contributed by atoms with Crippen molar-refractivity contribution in [3.8, 4) is 0 Å². The maximum Gasteiger partial charge on any atom is 0.253 e. The number of nitrogens with one attached hydrogen (secondary N) is 1. The number of likely N-dealkylation sites (N-methyl/N-ethyl adjacent to an activating group) is 1. The van der Waals surface area contributed by atoms with Crippen LogP contribution in [0, 0.1) is 0 Å². The first-order valence-electron chi connectivity index (χ1n) is 8.23. The number of nitrogens with two attached hydrogens (primary N) is 1. The lowest BCUT2D eigenvalue weighted by Gasteiger charge is -2.30. The van der Waals surface area contributed by atoms with Gasteiger partial charge < -0.3 is 20.9 Å². The number of hydrogen-bond donors (Lipinski definition) is 2. The van der Waals surface area contributed by atoms with E-state index in [0.29, 0.717) is 24.3 Å². The van der Waals surface area contributed by atoms with Crippen molar-refractivity contribution in [3.05, 3.63) is 42.0 Å². The molecule has 1 saturated heterocycles. The highest BCUT2D eigenvalue weighted by atomic mass is 16.2. The summed E-state index contributed by atoms with van der Waals surface area (Å²) in [7, 11) is 3.88. The molecule has 0 aliphatic carbocycles. The molecule has 2 rings (SSSR count). The lowest BCUT2D eigenvalue weighted by Crippen LogP contribution is -2.45. The minimum atomic E-state index is -0.182. The highest BCUT2D eigenvalue weighted by Gasteiger charge is 2.22. The Balaban J connectivity index is 1.91. The number of benzene rings is 1. The van der Waals surface area contributed by atoms with Crippen molar-refractivity contribution >= 4 is 17.5 Å². The van der Waals surface area contributed by atoms with Crippen molar-refractivity contribution in [3.63, 3.8) is 0 Å². The fourth-order valence-electron chi connectivity index (χ4n) is 2.63. The van der Waals surface area contributed by atoms with E-state index in [-0.39, 0.29) is 17.9 Å². The Morgan fingerprint density at radius 3 is 2.67 bits per heavy atom. The van der Waals surface area contributed by atoms with E-state index in [2.05, 4.69) is 5.32 Å². The second-order valence-corrected chi connectivity index (χ2v) is 6.38. The van der Waals surface area contributed by atoms with Gasteiger partial charge in [0.2, 0.25) is 5.91 Å². The number of nitrogens with zero attached hydrogens (tertiary/aromatic N) is 2. The van der Waals surface area contributed by atoms with Gasteiger partial charge in [-0.15, -0.1) is 0 Å². The van der Waals surface area contributed by atoms with Gasteiger partial charge in [0.15, 0.2) is 0 Å². The summed E-state index contributed by atoms with van der Waals surface area (Å²) in [4.78, 5) is 28.0. The number of likely N-dealkylation sites (tertiary alicyclic amines) is 1. The number of carbonyl (C=O) groups is 2. The number of anilines is 1. The molecule has 1 fully saturated rings. The number of amides is 2. The van der Waals surface area contributed by atoms with E-state index in [1.807, 2.05) is 19.0 Å². The predicted molar refractivity (Wildman–Crippen MR) is 95.9 cm³/mol. The molecule has 0 spiro atoms. The first kappa shape index (κ1) is 18.2. The SMILES string of the molecule is CN(C)C/C=C/C(=O)Nc1ccc(C(=O)N2CCCC(N)C2)cc1. The third-order valence-electron chi connectivity index (χ3n) is 3.88. The van der Waals surface area contributed by atoms with Crippen molar-refractivity contribution < 1.29 is 9.59 Å². The quantitative estimate of drug-likeness (QED) is 0.798. The van der Waals surface area contributed by atoms with Gasteiger partial charge in [-0.1, -0.05) is 6.08 Å². The molecule has 0 aromatic heterocycles. The van der Waals surface area contributed by atoms with Crippen LogP contribution >= 0.6 is 0 Å². The summed E-state index contributed by atoms with van der Waals surface area (Å²) in [6.07, 6.45) is 5.22. The Labute approximate surface area is 143 Å². The van der Waals surface area contributed by atoms with E-state index in [1.165, 1.54) is 6.08 Å². The van der Waals surface area contributed by atoms with Crippen LogP contribution in [0.4, 0.5) is 5.69 Å². The van der Waals surface area contributed by atoms with Crippen LogP contribution in [-0.2, 0) is 4.79 Å². The fourth-order valence-corrected chi connectivity index (χ4v) is 2.63. The summed E-state index contributed by atoms with van der Waals surface area (Å²) in [5.41, 5.74) is 7.21. The molecule has 1 aliphatic rings. The van der Waals surface area contributed by atoms with Gasteiger partial charge >= 0.3 is 0 Å². The van der Waals surface area contributed by atoms with Gasteiger partial charge in [-0.3, -0.25) is 9.59 Å². The fraction of sp³-hybridized carbons (Fsp3) is 0.444. The largest absolute Gasteiger partial charge is 0.337 e. The summed E-state index contributed by atoms with van der Waals surface area (Å²) in [6.45, 7) is 2.06. The number of piperidine rings is 1. The summed E-state index contributed by atoms with van der Waals surface area (Å²) < 4.78 is 0. The smallest absolute Gasteiger partial charge is 0.253 e. The van der Waals surface area contributed by atoms with Crippen LogP contribution in [0.3, 0.4) is 0 Å². The lowest BCUT2D eigenvalue weighted by molar-refractivity contribution is -0.111. The van der Waals surface area contributed by atoms with E-state index in [9.17, 15) is 9.59 Å². The topological polar surface area (TPSA) is 78.7 Å². The molecule has 2 amide bonds. The number of rotatable bonds is 5. The van der Waals surface area contributed by atoms with Gasteiger partial charge in [0.25, 0.3) is 5.91 Å². The van der Waals surface area contributed by atoms with Crippen molar-refractivity contribution in [2.45, 2.75) is 18.9 Å². The Morgan fingerprint density at radius 2 is 2.04 bits per heavy atom. The lowest BCUT2D eigenvalue weighted by atomic mass is 10.1. The number of hydrogen-bond acceptors (Lipinski definition) is 4. The molecule has 0 bridgehead atoms. The molecular weight excluding hydrogens is 304 g/mol. The molecule has 1 aromatic carbocycles. The summed E-state index contributed by atoms with van der Waals surface area (Å²) in [5, 5.41) is 2.78. The summed E-state index contributed by atoms with van der Waals surface area (Å²) in [5.74, 6) is -0.188. The molecule has 3 N–H and O–H groups in total. The van der Waals surface area contributed by atoms with Crippen molar-refractivity contribution in [2.75, 3.05) is 39.0 Å². The van der Waals surface area contributed by atoms with Gasteiger partial charge in [-0.25, -0.2) is 0 Å². The van der Waals surface area contributed by atoms with Crippen LogP contribution in [0.15, 0.2) is 36.4 Å². The molecule has 130 valence electrons. The molecule has 0 saturated carbocycles. The zero-order valence-electron chi connectivity index (χ0n) is 14.4. The molecular formula is C18H26N4O2. The maximum absolute atomic E-state index is 12.5. The Hall–Kier alpha value is -2.18. The molecule has 1 atom stereocenters. The minimum Gasteiger partial charge on any atom is -0.337 e. The molecule has 24 heavy (non-hydrogen) atoms. The monoisotopic (exact) mass is 330 g/mol. The molecule has 1 heterocycles. The highest BCUT2D eigenvalue weighted by Crippen LogP contribution is 2.15. The molecule has 1 unspecified atom stereocenters. The van der Waals surface area contributed by atoms with Crippen LogP contribution in [-0.4, -0.2) is 61.4 Å². The van der Waals surface area contributed by atoms with E-state index >= 15 is 0 Å². The first-order chi connectivity index (χ1) is 11.5. The predicted octanol–water partition coefficient (Wildman–Crippen LogP) is 1.31. The third-order valence-corrected chi connectivity index (χ3v) is 3.88. The maximum atomic E-state index is 12.5. The molecule has 1 aromatic rings. The Morgan fingerprint density at radius 1 is 1.33 bits per heavy atom. The van der Waals surface area contributed by atoms with E-state index in [1.54, 1.807) is 35.2 Å². The molecule has 6 nitrogen and oxygen atoms in total. The van der Waals surface area contributed by atoms with Crippen molar-refractivity contribution in [1.82, 2.24) is 9.80 Å². The van der Waals surface area contributed by atoms with Gasteiger partial charge in [-0.2, -0.15) is 0 Å². The van der Waals surface area contributed by atoms with E-state index in [4.69, 9.17) is 5.73 Å². The van der Waals surface area contributed by atoms with Gasteiger partial charge in [0.1, 0.15) is 0 Å². The summed E-state index contributed by atoms with van der Waals surface area (Å²) >= 11 is 0. The number of carbonyl (C=O) groups excluding carboxylic acids is 2. The second-order valence-electron chi connectivity index (χ2n) is 6.38. The zero-order valence-corrected chi connectivity index (χ0v) is 14.4. The average molecular weight is 330 g/mol. The minimum absolute atomic E-state index is 0.00564. The van der Waals surface area contributed by atoms with E-state index < -0.39 is 0 Å². The Kier molecular flexibility index (Phi) is 6.52.